The Morgan fingerprint density at radius 3 is 2.41 bits per heavy atom. The zero-order chi connectivity index (χ0) is 26.2. The minimum absolute atomic E-state index is 0.0819. The number of ether oxygens (including phenoxy) is 2. The molecule has 2 aromatic carbocycles. The van der Waals surface area contributed by atoms with Crippen molar-refractivity contribution in [3.05, 3.63) is 53.6 Å². The van der Waals surface area contributed by atoms with Gasteiger partial charge in [0.05, 0.1) is 24.7 Å². The number of benzene rings is 2. The van der Waals surface area contributed by atoms with Crippen LogP contribution >= 0.6 is 0 Å². The molecule has 0 radical (unpaired) electrons. The zero-order valence-electron chi connectivity index (χ0n) is 19.9. The van der Waals surface area contributed by atoms with Crippen LogP contribution < -0.4 is 20.7 Å². The molecule has 4 N–H and O–H groups in total. The Morgan fingerprint density at radius 2 is 1.73 bits per heavy atom. The van der Waals surface area contributed by atoms with Gasteiger partial charge in [0, 0.05) is 29.4 Å². The SMILES string of the molecule is O=C(C[C@@H]1C[C@@H]2c3cc(NC(=O)Nc4ccc(C(F)(F)F)cc4)ccc3O[C@@H]2[C@@H](CO)O1)NCC1CC1. The second-order valence-electron chi connectivity index (χ2n) is 9.76. The number of halogens is 3. The first-order valence-electron chi connectivity index (χ1n) is 12.3. The van der Waals surface area contributed by atoms with Gasteiger partial charge < -0.3 is 30.5 Å². The first-order chi connectivity index (χ1) is 17.7. The van der Waals surface area contributed by atoms with Gasteiger partial charge in [-0.15, -0.1) is 0 Å². The molecule has 3 aliphatic rings. The average Bonchev–Trinajstić information content (AvgIpc) is 3.62. The minimum atomic E-state index is -4.45. The smallest absolute Gasteiger partial charge is 0.416 e. The van der Waals surface area contributed by atoms with Gasteiger partial charge >= 0.3 is 12.2 Å². The van der Waals surface area contributed by atoms with Crippen LogP contribution in [0.1, 0.15) is 42.7 Å². The molecule has 2 heterocycles. The molecule has 11 heteroatoms. The molecule has 8 nitrogen and oxygen atoms in total. The topological polar surface area (TPSA) is 109 Å². The van der Waals surface area contributed by atoms with Crippen LogP contribution in [-0.2, 0) is 15.7 Å². The van der Waals surface area contributed by atoms with E-state index in [1.807, 2.05) is 0 Å². The lowest BCUT2D eigenvalue weighted by atomic mass is 9.84. The van der Waals surface area contributed by atoms with E-state index in [1.54, 1.807) is 18.2 Å². The summed E-state index contributed by atoms with van der Waals surface area (Å²) in [4.78, 5) is 24.8. The minimum Gasteiger partial charge on any atom is -0.487 e. The molecule has 2 fully saturated rings. The highest BCUT2D eigenvalue weighted by atomic mass is 19.4. The second-order valence-corrected chi connectivity index (χ2v) is 9.76. The van der Waals surface area contributed by atoms with Crippen LogP contribution in [0.5, 0.6) is 5.75 Å². The Kier molecular flexibility index (Phi) is 7.00. The Hall–Kier alpha value is -3.31. The predicted molar refractivity (Wildman–Crippen MR) is 128 cm³/mol. The number of alkyl halides is 3. The van der Waals surface area contributed by atoms with E-state index in [-0.39, 0.29) is 36.6 Å². The number of aliphatic hydroxyl groups excluding tert-OH is 1. The van der Waals surface area contributed by atoms with Gasteiger partial charge in [0.25, 0.3) is 0 Å². The summed E-state index contributed by atoms with van der Waals surface area (Å²) >= 11 is 0. The number of hydrogen-bond acceptors (Lipinski definition) is 5. The Balaban J connectivity index is 1.23. The highest BCUT2D eigenvalue weighted by Gasteiger charge is 2.46. The van der Waals surface area contributed by atoms with E-state index in [2.05, 4.69) is 16.0 Å². The fourth-order valence-electron chi connectivity index (χ4n) is 4.86. The number of carbonyl (C=O) groups is 2. The third-order valence-electron chi connectivity index (χ3n) is 6.93. The molecular weight excluding hydrogens is 491 g/mol. The third-order valence-corrected chi connectivity index (χ3v) is 6.93. The van der Waals surface area contributed by atoms with Crippen molar-refractivity contribution < 1.29 is 37.3 Å². The van der Waals surface area contributed by atoms with Gasteiger partial charge in [-0.3, -0.25) is 4.79 Å². The summed E-state index contributed by atoms with van der Waals surface area (Å²) in [6.45, 7) is 0.423. The van der Waals surface area contributed by atoms with E-state index in [0.717, 1.165) is 30.5 Å². The van der Waals surface area contributed by atoms with Gasteiger partial charge in [0.15, 0.2) is 0 Å². The molecule has 0 spiro atoms. The van der Waals surface area contributed by atoms with Crippen LogP contribution in [0.3, 0.4) is 0 Å². The summed E-state index contributed by atoms with van der Waals surface area (Å²) < 4.78 is 50.3. The molecule has 0 unspecified atom stereocenters. The summed E-state index contributed by atoms with van der Waals surface area (Å²) in [6.07, 6.45) is -2.85. The normalized spacial score (nSPS) is 24.4. The molecule has 198 valence electrons. The first kappa shape index (κ1) is 25.3. The monoisotopic (exact) mass is 519 g/mol. The lowest BCUT2D eigenvalue weighted by Crippen LogP contribution is -2.47. The van der Waals surface area contributed by atoms with Crippen LogP contribution in [0.4, 0.5) is 29.3 Å². The Bertz CT molecular complexity index is 1150. The Labute approximate surface area is 211 Å². The summed E-state index contributed by atoms with van der Waals surface area (Å²) in [5.41, 5.74) is 0.719. The number of carbonyl (C=O) groups excluding carboxylic acids is 2. The van der Waals surface area contributed by atoms with Crippen LogP contribution in [0, 0.1) is 5.92 Å². The van der Waals surface area contributed by atoms with Crippen LogP contribution in [-0.4, -0.2) is 48.5 Å². The number of amides is 3. The number of rotatable bonds is 7. The Morgan fingerprint density at radius 1 is 1.03 bits per heavy atom. The molecular formula is C26H28F3N3O5. The van der Waals surface area contributed by atoms with E-state index >= 15 is 0 Å². The predicted octanol–water partition coefficient (Wildman–Crippen LogP) is 4.26. The average molecular weight is 520 g/mol. The number of hydrogen-bond donors (Lipinski definition) is 4. The zero-order valence-corrected chi connectivity index (χ0v) is 19.9. The fraction of sp³-hybridized carbons (Fsp3) is 0.462. The van der Waals surface area contributed by atoms with Crippen molar-refractivity contribution in [1.29, 1.82) is 0 Å². The van der Waals surface area contributed by atoms with Crippen molar-refractivity contribution in [2.75, 3.05) is 23.8 Å². The molecule has 4 atom stereocenters. The highest BCUT2D eigenvalue weighted by molar-refractivity contribution is 5.99. The number of fused-ring (bicyclic) bond motifs is 3. The lowest BCUT2D eigenvalue weighted by molar-refractivity contribution is -0.142. The van der Waals surface area contributed by atoms with Crippen LogP contribution in [0.25, 0.3) is 0 Å². The lowest BCUT2D eigenvalue weighted by Gasteiger charge is -2.37. The van der Waals surface area contributed by atoms with E-state index in [9.17, 15) is 27.9 Å². The van der Waals surface area contributed by atoms with Crippen molar-refractivity contribution in [2.45, 2.75) is 56.1 Å². The number of aliphatic hydroxyl groups is 1. The molecule has 1 saturated heterocycles. The summed E-state index contributed by atoms with van der Waals surface area (Å²) in [5.74, 6) is 0.969. The maximum absolute atomic E-state index is 12.7. The van der Waals surface area contributed by atoms with Crippen molar-refractivity contribution in [2.24, 2.45) is 5.92 Å². The number of anilines is 2. The molecule has 3 amide bonds. The van der Waals surface area contributed by atoms with Gasteiger partial charge in [0.1, 0.15) is 18.0 Å². The number of nitrogens with one attached hydrogen (secondary N) is 3. The highest BCUT2D eigenvalue weighted by Crippen LogP contribution is 2.47. The van der Waals surface area contributed by atoms with Gasteiger partial charge in [-0.1, -0.05) is 0 Å². The molecule has 1 aliphatic carbocycles. The van der Waals surface area contributed by atoms with Crippen LogP contribution in [0.2, 0.25) is 0 Å². The van der Waals surface area contributed by atoms with Crippen molar-refractivity contribution in [3.8, 4) is 5.75 Å². The molecule has 5 rings (SSSR count). The van der Waals surface area contributed by atoms with Gasteiger partial charge in [0.2, 0.25) is 5.91 Å². The van der Waals surface area contributed by atoms with E-state index < -0.39 is 30.0 Å². The quantitative estimate of drug-likeness (QED) is 0.437. The maximum Gasteiger partial charge on any atom is 0.416 e. The van der Waals surface area contributed by atoms with Gasteiger partial charge in [-0.05, 0) is 67.6 Å². The first-order valence-corrected chi connectivity index (χ1v) is 12.3. The van der Waals surface area contributed by atoms with Crippen molar-refractivity contribution in [1.82, 2.24) is 5.32 Å². The third kappa shape index (κ3) is 5.99. The molecule has 0 aromatic heterocycles. The van der Waals surface area contributed by atoms with E-state index in [1.165, 1.54) is 12.1 Å². The molecule has 37 heavy (non-hydrogen) atoms. The molecule has 2 aliphatic heterocycles. The molecule has 0 bridgehead atoms. The number of urea groups is 1. The summed E-state index contributed by atoms with van der Waals surface area (Å²) in [6, 6.07) is 8.69. The van der Waals surface area contributed by atoms with E-state index in [0.29, 0.717) is 30.3 Å². The fourth-order valence-corrected chi connectivity index (χ4v) is 4.86. The summed E-state index contributed by atoms with van der Waals surface area (Å²) in [7, 11) is 0. The second kappa shape index (κ2) is 10.2. The maximum atomic E-state index is 12.7. The van der Waals surface area contributed by atoms with Crippen molar-refractivity contribution >= 4 is 23.3 Å². The molecule has 2 aromatic rings. The summed E-state index contributed by atoms with van der Waals surface area (Å²) in [5, 5.41) is 18.0. The molecule has 1 saturated carbocycles. The van der Waals surface area contributed by atoms with Crippen LogP contribution in [0.15, 0.2) is 42.5 Å². The van der Waals surface area contributed by atoms with Gasteiger partial charge in [-0.25, -0.2) is 4.79 Å². The van der Waals surface area contributed by atoms with E-state index in [4.69, 9.17) is 9.47 Å². The van der Waals surface area contributed by atoms with Gasteiger partial charge in [-0.2, -0.15) is 13.2 Å². The standard InChI is InChI=1S/C26H28F3N3O5/c27-26(28,29)15-3-5-16(6-4-15)31-25(35)32-17-7-8-21-19(9-17)20-10-18(36-22(13-33)24(20)37-21)11-23(34)30-12-14-1-2-14/h3-9,14,18,20,22,24,33H,1-2,10-13H2,(H,30,34)(H2,31,32,35)/t18-,20+,22+,24-/m0/s1. The van der Waals surface area contributed by atoms with Crippen molar-refractivity contribution in [3.63, 3.8) is 0 Å². The largest absolute Gasteiger partial charge is 0.487 e.